The van der Waals surface area contributed by atoms with Gasteiger partial charge in [-0.05, 0) is 56.4 Å². The molecule has 0 bridgehead atoms. The molecule has 1 unspecified atom stereocenters. The summed E-state index contributed by atoms with van der Waals surface area (Å²) < 4.78 is 0. The Morgan fingerprint density at radius 3 is 2.75 bits per heavy atom. The third kappa shape index (κ3) is 3.14. The van der Waals surface area contributed by atoms with Crippen LogP contribution in [-0.4, -0.2) is 29.6 Å². The summed E-state index contributed by atoms with van der Waals surface area (Å²) in [5.41, 5.74) is 1.28. The molecule has 0 amide bonds. The van der Waals surface area contributed by atoms with Crippen LogP contribution in [0.2, 0.25) is 10.0 Å². The predicted molar refractivity (Wildman–Crippen MR) is 85.5 cm³/mol. The molecule has 1 aromatic rings. The summed E-state index contributed by atoms with van der Waals surface area (Å²) in [4.78, 5) is 2.55. The lowest BCUT2D eigenvalue weighted by Crippen LogP contribution is -2.62. The number of piperazine rings is 1. The first-order valence-electron chi connectivity index (χ1n) is 7.38. The molecule has 110 valence electrons. The highest BCUT2D eigenvalue weighted by Gasteiger charge is 2.40. The minimum Gasteiger partial charge on any atom is -0.311 e. The average Bonchev–Trinajstić information content (AvgIpc) is 3.20. The molecule has 0 radical (unpaired) electrons. The first kappa shape index (κ1) is 14.6. The Labute approximate surface area is 131 Å². The molecule has 1 saturated heterocycles. The van der Waals surface area contributed by atoms with E-state index in [1.807, 2.05) is 18.2 Å². The fourth-order valence-corrected chi connectivity index (χ4v) is 3.38. The second-order valence-electron chi connectivity index (χ2n) is 6.75. The molecule has 1 aliphatic carbocycles. The van der Waals surface area contributed by atoms with Crippen LogP contribution in [-0.2, 0) is 6.54 Å². The fourth-order valence-electron chi connectivity index (χ4n) is 3.00. The van der Waals surface area contributed by atoms with Crippen molar-refractivity contribution < 1.29 is 0 Å². The maximum Gasteiger partial charge on any atom is 0.0452 e. The number of hydrogen-bond acceptors (Lipinski definition) is 2. The van der Waals surface area contributed by atoms with Crippen LogP contribution in [0.3, 0.4) is 0 Å². The molecule has 20 heavy (non-hydrogen) atoms. The van der Waals surface area contributed by atoms with Gasteiger partial charge in [0.05, 0.1) is 0 Å². The Kier molecular flexibility index (Phi) is 4.02. The molecular formula is C16H22Cl2N2. The van der Waals surface area contributed by atoms with E-state index >= 15 is 0 Å². The maximum atomic E-state index is 6.32. The second kappa shape index (κ2) is 5.49. The zero-order chi connectivity index (χ0) is 14.3. The number of halogens is 2. The van der Waals surface area contributed by atoms with E-state index in [0.717, 1.165) is 41.2 Å². The Bertz CT molecular complexity index is 497. The summed E-state index contributed by atoms with van der Waals surface area (Å²) in [5.74, 6) is 0.878. The highest BCUT2D eigenvalue weighted by Crippen LogP contribution is 2.36. The van der Waals surface area contributed by atoms with Crippen molar-refractivity contribution in [3.05, 3.63) is 33.8 Å². The normalized spacial score (nSPS) is 26.7. The lowest BCUT2D eigenvalue weighted by molar-refractivity contribution is 0.0534. The molecular weight excluding hydrogens is 291 g/mol. The molecule has 1 saturated carbocycles. The van der Waals surface area contributed by atoms with Gasteiger partial charge in [0, 0.05) is 41.3 Å². The zero-order valence-corrected chi connectivity index (χ0v) is 13.6. The number of nitrogens with one attached hydrogen (secondary N) is 1. The van der Waals surface area contributed by atoms with Gasteiger partial charge in [-0.1, -0.05) is 23.2 Å². The van der Waals surface area contributed by atoms with Crippen molar-refractivity contribution in [2.45, 2.75) is 44.8 Å². The first-order chi connectivity index (χ1) is 9.45. The average molecular weight is 313 g/mol. The van der Waals surface area contributed by atoms with Crippen LogP contribution in [0.15, 0.2) is 18.2 Å². The van der Waals surface area contributed by atoms with Gasteiger partial charge >= 0.3 is 0 Å². The van der Waals surface area contributed by atoms with Gasteiger partial charge in [-0.2, -0.15) is 0 Å². The lowest BCUT2D eigenvalue weighted by atomic mass is 9.95. The molecule has 1 N–H and O–H groups in total. The molecule has 4 heteroatoms. The molecule has 0 spiro atoms. The monoisotopic (exact) mass is 312 g/mol. The third-order valence-electron chi connectivity index (χ3n) is 4.63. The van der Waals surface area contributed by atoms with Gasteiger partial charge in [-0.25, -0.2) is 0 Å². The van der Waals surface area contributed by atoms with E-state index in [-0.39, 0.29) is 5.54 Å². The van der Waals surface area contributed by atoms with Gasteiger partial charge in [-0.3, -0.25) is 4.90 Å². The molecule has 3 rings (SSSR count). The van der Waals surface area contributed by atoms with Crippen molar-refractivity contribution in [3.63, 3.8) is 0 Å². The number of rotatable bonds is 3. The number of benzene rings is 1. The SMILES string of the molecule is CC1(C)CNC(C2CC2)CN1Cc1cc(Cl)ccc1Cl. The van der Waals surface area contributed by atoms with Gasteiger partial charge in [0.1, 0.15) is 0 Å². The molecule has 2 nitrogen and oxygen atoms in total. The predicted octanol–water partition coefficient (Wildman–Crippen LogP) is 3.96. The summed E-state index contributed by atoms with van der Waals surface area (Å²) in [6, 6.07) is 6.38. The highest BCUT2D eigenvalue weighted by molar-refractivity contribution is 6.33. The largest absolute Gasteiger partial charge is 0.311 e. The minimum absolute atomic E-state index is 0.150. The topological polar surface area (TPSA) is 15.3 Å². The van der Waals surface area contributed by atoms with Crippen LogP contribution in [0.25, 0.3) is 0 Å². The van der Waals surface area contributed by atoms with Crippen molar-refractivity contribution in [3.8, 4) is 0 Å². The van der Waals surface area contributed by atoms with Gasteiger partial charge in [0.25, 0.3) is 0 Å². The molecule has 1 heterocycles. The van der Waals surface area contributed by atoms with E-state index in [1.165, 1.54) is 12.8 Å². The van der Waals surface area contributed by atoms with Crippen LogP contribution in [0.4, 0.5) is 0 Å². The van der Waals surface area contributed by atoms with E-state index < -0.39 is 0 Å². The molecule has 0 aromatic heterocycles. The van der Waals surface area contributed by atoms with E-state index in [1.54, 1.807) is 0 Å². The van der Waals surface area contributed by atoms with E-state index in [0.29, 0.717) is 6.04 Å². The third-order valence-corrected chi connectivity index (χ3v) is 5.23. The van der Waals surface area contributed by atoms with Gasteiger partial charge in [0.2, 0.25) is 0 Å². The van der Waals surface area contributed by atoms with Crippen LogP contribution < -0.4 is 5.32 Å². The Balaban J connectivity index is 1.77. The smallest absolute Gasteiger partial charge is 0.0452 e. The number of hydrogen-bond donors (Lipinski definition) is 1. The van der Waals surface area contributed by atoms with E-state index in [9.17, 15) is 0 Å². The second-order valence-corrected chi connectivity index (χ2v) is 7.60. The van der Waals surface area contributed by atoms with Crippen molar-refractivity contribution in [2.24, 2.45) is 5.92 Å². The van der Waals surface area contributed by atoms with Gasteiger partial charge in [-0.15, -0.1) is 0 Å². The summed E-state index contributed by atoms with van der Waals surface area (Å²) in [6.07, 6.45) is 2.76. The van der Waals surface area contributed by atoms with Crippen LogP contribution >= 0.6 is 23.2 Å². The Morgan fingerprint density at radius 1 is 1.30 bits per heavy atom. The van der Waals surface area contributed by atoms with Crippen LogP contribution in [0.5, 0.6) is 0 Å². The summed E-state index contributed by atoms with van der Waals surface area (Å²) in [5, 5.41) is 5.28. The summed E-state index contributed by atoms with van der Waals surface area (Å²) in [6.45, 7) is 7.59. The van der Waals surface area contributed by atoms with E-state index in [4.69, 9.17) is 23.2 Å². The lowest BCUT2D eigenvalue weighted by Gasteiger charge is -2.46. The summed E-state index contributed by atoms with van der Waals surface area (Å²) in [7, 11) is 0. The van der Waals surface area contributed by atoms with Crippen molar-refractivity contribution in [2.75, 3.05) is 13.1 Å². The zero-order valence-electron chi connectivity index (χ0n) is 12.1. The van der Waals surface area contributed by atoms with E-state index in [2.05, 4.69) is 24.1 Å². The Morgan fingerprint density at radius 2 is 2.05 bits per heavy atom. The molecule has 1 atom stereocenters. The fraction of sp³-hybridized carbons (Fsp3) is 0.625. The first-order valence-corrected chi connectivity index (χ1v) is 8.14. The maximum absolute atomic E-state index is 6.32. The van der Waals surface area contributed by atoms with Crippen molar-refractivity contribution in [1.29, 1.82) is 0 Å². The van der Waals surface area contributed by atoms with Gasteiger partial charge < -0.3 is 5.32 Å². The van der Waals surface area contributed by atoms with Gasteiger partial charge in [0.15, 0.2) is 0 Å². The minimum atomic E-state index is 0.150. The number of nitrogens with zero attached hydrogens (tertiary/aromatic N) is 1. The van der Waals surface area contributed by atoms with Crippen LogP contribution in [0.1, 0.15) is 32.3 Å². The molecule has 2 aliphatic rings. The van der Waals surface area contributed by atoms with Crippen molar-refractivity contribution >= 4 is 23.2 Å². The Hall–Kier alpha value is -0.280. The quantitative estimate of drug-likeness (QED) is 0.909. The molecule has 1 aliphatic heterocycles. The van der Waals surface area contributed by atoms with Crippen LogP contribution in [0, 0.1) is 5.92 Å². The summed E-state index contributed by atoms with van der Waals surface area (Å²) >= 11 is 12.4. The molecule has 1 aromatic carbocycles. The molecule has 2 fully saturated rings. The highest BCUT2D eigenvalue weighted by atomic mass is 35.5. The van der Waals surface area contributed by atoms with Crippen molar-refractivity contribution in [1.82, 2.24) is 10.2 Å². The standard InChI is InChI=1S/C16H22Cl2N2/c1-16(2)10-19-15(11-3-4-11)9-20(16)8-12-7-13(17)5-6-14(12)18/h5-7,11,15,19H,3-4,8-10H2,1-2H3.